The SMILES string of the molecule is CC(C)(C)OC(=O)CNc1ccc(-c2nc3cc(C#N)ccc3o2)cc1. The van der Waals surface area contributed by atoms with Gasteiger partial charge in [0.25, 0.3) is 0 Å². The summed E-state index contributed by atoms with van der Waals surface area (Å²) in [5.41, 5.74) is 2.92. The number of carbonyl (C=O) groups excluding carboxylic acids is 1. The highest BCUT2D eigenvalue weighted by molar-refractivity contribution is 5.78. The van der Waals surface area contributed by atoms with E-state index in [4.69, 9.17) is 14.4 Å². The van der Waals surface area contributed by atoms with Crippen LogP contribution in [0, 0.1) is 11.3 Å². The monoisotopic (exact) mass is 349 g/mol. The number of aromatic nitrogens is 1. The predicted molar refractivity (Wildman–Crippen MR) is 98.5 cm³/mol. The zero-order valence-corrected chi connectivity index (χ0v) is 14.9. The summed E-state index contributed by atoms with van der Waals surface area (Å²) < 4.78 is 11.0. The van der Waals surface area contributed by atoms with Crippen LogP contribution in [0.25, 0.3) is 22.6 Å². The minimum absolute atomic E-state index is 0.0937. The summed E-state index contributed by atoms with van der Waals surface area (Å²) in [4.78, 5) is 16.2. The van der Waals surface area contributed by atoms with Crippen LogP contribution in [0.2, 0.25) is 0 Å². The molecule has 0 saturated heterocycles. The van der Waals surface area contributed by atoms with Crippen molar-refractivity contribution in [3.63, 3.8) is 0 Å². The molecule has 0 amide bonds. The van der Waals surface area contributed by atoms with E-state index in [-0.39, 0.29) is 12.5 Å². The van der Waals surface area contributed by atoms with Gasteiger partial charge in [-0.25, -0.2) is 4.98 Å². The van der Waals surface area contributed by atoms with E-state index in [1.807, 2.05) is 45.0 Å². The van der Waals surface area contributed by atoms with Crippen molar-refractivity contribution in [1.29, 1.82) is 5.26 Å². The molecule has 0 aliphatic heterocycles. The third kappa shape index (κ3) is 4.19. The molecule has 0 fully saturated rings. The third-order valence-corrected chi connectivity index (χ3v) is 3.51. The number of oxazole rings is 1. The smallest absolute Gasteiger partial charge is 0.325 e. The van der Waals surface area contributed by atoms with Crippen molar-refractivity contribution in [2.75, 3.05) is 11.9 Å². The van der Waals surface area contributed by atoms with Crippen LogP contribution < -0.4 is 5.32 Å². The van der Waals surface area contributed by atoms with Crippen LogP contribution in [0.4, 0.5) is 5.69 Å². The van der Waals surface area contributed by atoms with Crippen LogP contribution in [0.3, 0.4) is 0 Å². The van der Waals surface area contributed by atoms with Crippen molar-refractivity contribution in [3.05, 3.63) is 48.0 Å². The van der Waals surface area contributed by atoms with Gasteiger partial charge in [0, 0.05) is 11.3 Å². The maximum absolute atomic E-state index is 11.7. The molecule has 6 heteroatoms. The lowest BCUT2D eigenvalue weighted by molar-refractivity contribution is -0.152. The first kappa shape index (κ1) is 17.5. The van der Waals surface area contributed by atoms with E-state index in [1.54, 1.807) is 18.2 Å². The van der Waals surface area contributed by atoms with Gasteiger partial charge in [0.05, 0.1) is 11.6 Å². The van der Waals surface area contributed by atoms with E-state index in [0.29, 0.717) is 22.6 Å². The number of nitrogens with zero attached hydrogens (tertiary/aromatic N) is 2. The predicted octanol–water partition coefficient (Wildman–Crippen LogP) is 4.12. The van der Waals surface area contributed by atoms with Crippen LogP contribution in [0.1, 0.15) is 26.3 Å². The largest absolute Gasteiger partial charge is 0.459 e. The number of nitrogens with one attached hydrogen (secondary N) is 1. The van der Waals surface area contributed by atoms with E-state index in [0.717, 1.165) is 11.3 Å². The van der Waals surface area contributed by atoms with Gasteiger partial charge >= 0.3 is 5.97 Å². The topological polar surface area (TPSA) is 88.1 Å². The zero-order chi connectivity index (χ0) is 18.7. The van der Waals surface area contributed by atoms with Gasteiger partial charge in [-0.1, -0.05) is 0 Å². The van der Waals surface area contributed by atoms with Crippen LogP contribution >= 0.6 is 0 Å². The molecule has 0 bridgehead atoms. The lowest BCUT2D eigenvalue weighted by Gasteiger charge is -2.19. The van der Waals surface area contributed by atoms with E-state index < -0.39 is 5.60 Å². The summed E-state index contributed by atoms with van der Waals surface area (Å²) >= 11 is 0. The molecule has 3 rings (SSSR count). The molecule has 132 valence electrons. The average Bonchev–Trinajstić information content (AvgIpc) is 3.02. The average molecular weight is 349 g/mol. The second kappa shape index (κ2) is 6.89. The molecule has 0 atom stereocenters. The highest BCUT2D eigenvalue weighted by atomic mass is 16.6. The molecule has 1 aromatic heterocycles. The molecule has 0 aliphatic rings. The Kier molecular flexibility index (Phi) is 4.63. The lowest BCUT2D eigenvalue weighted by Crippen LogP contribution is -2.28. The standard InChI is InChI=1S/C20H19N3O3/c1-20(2,3)26-18(24)12-22-15-7-5-14(6-8-15)19-23-16-10-13(11-21)4-9-17(16)25-19/h4-10,22H,12H2,1-3H3. The maximum Gasteiger partial charge on any atom is 0.325 e. The molecule has 0 saturated carbocycles. The highest BCUT2D eigenvalue weighted by Gasteiger charge is 2.16. The zero-order valence-electron chi connectivity index (χ0n) is 14.9. The summed E-state index contributed by atoms with van der Waals surface area (Å²) in [7, 11) is 0. The Morgan fingerprint density at radius 1 is 1.23 bits per heavy atom. The maximum atomic E-state index is 11.7. The Hall–Kier alpha value is -3.33. The second-order valence-electron chi connectivity index (χ2n) is 6.83. The molecule has 6 nitrogen and oxygen atoms in total. The Balaban J connectivity index is 1.70. The van der Waals surface area contributed by atoms with Crippen LogP contribution in [-0.2, 0) is 9.53 Å². The Bertz CT molecular complexity index is 976. The normalized spacial score (nSPS) is 11.2. The Labute approximate surface area is 151 Å². The first-order valence-electron chi connectivity index (χ1n) is 8.21. The van der Waals surface area contributed by atoms with E-state index in [2.05, 4.69) is 16.4 Å². The number of rotatable bonds is 4. The number of benzene rings is 2. The molecular formula is C20H19N3O3. The van der Waals surface area contributed by atoms with Crippen molar-refractivity contribution in [2.24, 2.45) is 0 Å². The van der Waals surface area contributed by atoms with Gasteiger partial charge in [-0.3, -0.25) is 4.79 Å². The van der Waals surface area contributed by atoms with Crippen molar-refractivity contribution >= 4 is 22.8 Å². The molecular weight excluding hydrogens is 330 g/mol. The minimum atomic E-state index is -0.499. The van der Waals surface area contributed by atoms with E-state index in [9.17, 15) is 4.79 Å². The van der Waals surface area contributed by atoms with Crippen molar-refractivity contribution in [3.8, 4) is 17.5 Å². The molecule has 0 unspecified atom stereocenters. The number of fused-ring (bicyclic) bond motifs is 1. The number of nitriles is 1. The third-order valence-electron chi connectivity index (χ3n) is 3.51. The summed E-state index contributed by atoms with van der Waals surface area (Å²) in [6.07, 6.45) is 0. The number of anilines is 1. The fraction of sp³-hybridized carbons (Fsp3) is 0.250. The van der Waals surface area contributed by atoms with Gasteiger partial charge in [0.2, 0.25) is 5.89 Å². The molecule has 0 radical (unpaired) electrons. The lowest BCUT2D eigenvalue weighted by atomic mass is 10.2. The van der Waals surface area contributed by atoms with Gasteiger partial charge in [-0.15, -0.1) is 0 Å². The fourth-order valence-corrected chi connectivity index (χ4v) is 2.40. The first-order chi connectivity index (χ1) is 12.3. The summed E-state index contributed by atoms with van der Waals surface area (Å²) in [6, 6.07) is 14.6. The molecule has 1 N–H and O–H groups in total. The molecule has 2 aromatic carbocycles. The number of esters is 1. The van der Waals surface area contributed by atoms with Crippen molar-refractivity contribution in [1.82, 2.24) is 4.98 Å². The van der Waals surface area contributed by atoms with Crippen LogP contribution in [0.5, 0.6) is 0 Å². The number of carbonyl (C=O) groups is 1. The minimum Gasteiger partial charge on any atom is -0.459 e. The van der Waals surface area contributed by atoms with Gasteiger partial charge in [-0.2, -0.15) is 5.26 Å². The van der Waals surface area contributed by atoms with Gasteiger partial charge in [0.15, 0.2) is 5.58 Å². The second-order valence-corrected chi connectivity index (χ2v) is 6.83. The van der Waals surface area contributed by atoms with Gasteiger partial charge in [-0.05, 0) is 63.2 Å². The van der Waals surface area contributed by atoms with Gasteiger partial charge < -0.3 is 14.5 Å². The quantitative estimate of drug-likeness (QED) is 0.713. The highest BCUT2D eigenvalue weighted by Crippen LogP contribution is 2.26. The van der Waals surface area contributed by atoms with Crippen LogP contribution in [-0.4, -0.2) is 23.1 Å². The van der Waals surface area contributed by atoms with Gasteiger partial charge in [0.1, 0.15) is 17.7 Å². The van der Waals surface area contributed by atoms with Crippen molar-refractivity contribution < 1.29 is 13.9 Å². The summed E-state index contributed by atoms with van der Waals surface area (Å²) in [5, 5.41) is 12.0. The molecule has 26 heavy (non-hydrogen) atoms. The van der Waals surface area contributed by atoms with E-state index in [1.165, 1.54) is 0 Å². The van der Waals surface area contributed by atoms with Crippen molar-refractivity contribution in [2.45, 2.75) is 26.4 Å². The number of ether oxygens (including phenoxy) is 1. The molecule has 0 spiro atoms. The summed E-state index contributed by atoms with van der Waals surface area (Å²) in [5.74, 6) is 0.169. The molecule has 0 aliphatic carbocycles. The molecule has 1 heterocycles. The van der Waals surface area contributed by atoms with E-state index >= 15 is 0 Å². The number of hydrogen-bond acceptors (Lipinski definition) is 6. The Morgan fingerprint density at radius 2 is 1.96 bits per heavy atom. The fourth-order valence-electron chi connectivity index (χ4n) is 2.40. The number of hydrogen-bond donors (Lipinski definition) is 1. The molecule has 3 aromatic rings. The van der Waals surface area contributed by atoms with Crippen LogP contribution in [0.15, 0.2) is 46.9 Å². The summed E-state index contributed by atoms with van der Waals surface area (Å²) in [6.45, 7) is 5.59. The Morgan fingerprint density at radius 3 is 2.62 bits per heavy atom. The first-order valence-corrected chi connectivity index (χ1v) is 8.21.